The van der Waals surface area contributed by atoms with Gasteiger partial charge in [0.25, 0.3) is 0 Å². The third-order valence-corrected chi connectivity index (χ3v) is 3.58. The lowest BCUT2D eigenvalue weighted by molar-refractivity contribution is -0.115. The highest BCUT2D eigenvalue weighted by Crippen LogP contribution is 2.30. The van der Waals surface area contributed by atoms with Crippen LogP contribution >= 0.6 is 11.6 Å². The van der Waals surface area contributed by atoms with Crippen molar-refractivity contribution in [2.24, 2.45) is 0 Å². The molecule has 0 spiro atoms. The van der Waals surface area contributed by atoms with Gasteiger partial charge in [-0.3, -0.25) is 4.79 Å². The Morgan fingerprint density at radius 2 is 2.05 bits per heavy atom. The van der Waals surface area contributed by atoms with E-state index >= 15 is 0 Å². The highest BCUT2D eigenvalue weighted by atomic mass is 35.5. The zero-order chi connectivity index (χ0) is 16.3. The number of aromatic nitrogens is 1. The number of carbonyl (C=O) groups excluding carboxylic acids is 2. The number of halogens is 1. The van der Waals surface area contributed by atoms with E-state index in [1.54, 1.807) is 6.92 Å². The molecule has 22 heavy (non-hydrogen) atoms. The summed E-state index contributed by atoms with van der Waals surface area (Å²) in [7, 11) is 0. The summed E-state index contributed by atoms with van der Waals surface area (Å²) in [5.74, 6) is -0.294. The molecule has 1 aromatic carbocycles. The minimum absolute atomic E-state index is 0.160. The van der Waals surface area contributed by atoms with Gasteiger partial charge in [-0.25, -0.2) is 4.79 Å². The van der Waals surface area contributed by atoms with Crippen LogP contribution in [0.1, 0.15) is 35.0 Å². The molecule has 0 aliphatic heterocycles. The van der Waals surface area contributed by atoms with Crippen molar-refractivity contribution in [3.05, 3.63) is 29.0 Å². The van der Waals surface area contributed by atoms with Crippen molar-refractivity contribution in [1.29, 1.82) is 0 Å². The molecule has 2 N–H and O–H groups in total. The van der Waals surface area contributed by atoms with E-state index in [0.717, 1.165) is 16.5 Å². The highest BCUT2D eigenvalue weighted by Gasteiger charge is 2.18. The number of H-pyrrole nitrogens is 1. The Kier molecular flexibility index (Phi) is 5.08. The second kappa shape index (κ2) is 6.83. The molecule has 5 nitrogen and oxygen atoms in total. The minimum Gasteiger partial charge on any atom is -0.461 e. The first-order valence-electron chi connectivity index (χ1n) is 7.13. The smallest absolute Gasteiger partial charge is 0.355 e. The van der Waals surface area contributed by atoms with Crippen LogP contribution in [0.4, 0.5) is 5.69 Å². The number of ether oxygens (including phenoxy) is 1. The number of hydrogen-bond donors (Lipinski definition) is 2. The van der Waals surface area contributed by atoms with Crippen molar-refractivity contribution in [3.63, 3.8) is 0 Å². The molecule has 118 valence electrons. The molecule has 1 amide bonds. The van der Waals surface area contributed by atoms with E-state index in [-0.39, 0.29) is 18.2 Å². The number of fused-ring (bicyclic) bond motifs is 1. The van der Waals surface area contributed by atoms with Crippen LogP contribution in [-0.4, -0.2) is 29.3 Å². The molecule has 1 aromatic heterocycles. The maximum absolute atomic E-state index is 12.0. The fourth-order valence-electron chi connectivity index (χ4n) is 2.37. The molecule has 0 atom stereocenters. The third-order valence-electron chi connectivity index (χ3n) is 3.39. The van der Waals surface area contributed by atoms with Crippen molar-refractivity contribution in [3.8, 4) is 0 Å². The maximum Gasteiger partial charge on any atom is 0.355 e. The number of aromatic amines is 1. The maximum atomic E-state index is 12.0. The fraction of sp³-hybridized carbons (Fsp3) is 0.375. The largest absolute Gasteiger partial charge is 0.461 e. The molecule has 0 fully saturated rings. The summed E-state index contributed by atoms with van der Waals surface area (Å²) in [6.07, 6.45) is 0.238. The number of nitrogens with one attached hydrogen (secondary N) is 2. The van der Waals surface area contributed by atoms with Crippen molar-refractivity contribution in [1.82, 2.24) is 4.98 Å². The lowest BCUT2D eigenvalue weighted by atomic mass is 10.1. The summed E-state index contributed by atoms with van der Waals surface area (Å²) in [4.78, 5) is 26.9. The normalized spacial score (nSPS) is 10.7. The van der Waals surface area contributed by atoms with Crippen molar-refractivity contribution < 1.29 is 14.3 Å². The van der Waals surface area contributed by atoms with Gasteiger partial charge in [-0.15, -0.1) is 11.6 Å². The number of aryl methyl sites for hydroxylation is 2. The number of amides is 1. The summed E-state index contributed by atoms with van der Waals surface area (Å²) in [5.41, 5.74) is 3.57. The SMILES string of the molecule is CCOC(=O)c1[nH]c2c(NC(=O)CCCl)cc(C)cc2c1C. The van der Waals surface area contributed by atoms with E-state index < -0.39 is 5.97 Å². The van der Waals surface area contributed by atoms with Crippen LogP contribution < -0.4 is 5.32 Å². The van der Waals surface area contributed by atoms with Crippen molar-refractivity contribution in [2.75, 3.05) is 17.8 Å². The lowest BCUT2D eigenvalue weighted by Gasteiger charge is -2.07. The van der Waals surface area contributed by atoms with Gasteiger partial charge in [-0.2, -0.15) is 0 Å². The summed E-state index contributed by atoms with van der Waals surface area (Å²) in [5, 5.41) is 3.72. The average molecular weight is 323 g/mol. The van der Waals surface area contributed by atoms with E-state index in [0.29, 0.717) is 23.5 Å². The molecule has 0 aliphatic carbocycles. The number of alkyl halides is 1. The Morgan fingerprint density at radius 1 is 1.32 bits per heavy atom. The Balaban J connectivity index is 2.51. The standard InChI is InChI=1S/C16H19ClN2O3/c1-4-22-16(21)14-10(3)11-7-9(2)8-12(15(11)19-14)18-13(20)5-6-17/h7-8,19H,4-6H2,1-3H3,(H,18,20). The molecule has 0 aliphatic rings. The van der Waals surface area contributed by atoms with Gasteiger partial charge in [0.1, 0.15) is 5.69 Å². The Bertz CT molecular complexity index is 722. The Hall–Kier alpha value is -2.01. The minimum atomic E-state index is -0.396. The molecule has 2 rings (SSSR count). The second-order valence-corrected chi connectivity index (χ2v) is 5.45. The molecule has 0 bridgehead atoms. The van der Waals surface area contributed by atoms with Crippen LogP contribution in [0, 0.1) is 13.8 Å². The molecule has 0 saturated heterocycles. The van der Waals surface area contributed by atoms with E-state index in [1.165, 1.54) is 0 Å². The summed E-state index contributed by atoms with van der Waals surface area (Å²) in [6.45, 7) is 5.87. The molecule has 0 unspecified atom stereocenters. The number of hydrogen-bond acceptors (Lipinski definition) is 3. The zero-order valence-corrected chi connectivity index (χ0v) is 13.6. The number of rotatable bonds is 5. The van der Waals surface area contributed by atoms with Gasteiger partial charge in [0.2, 0.25) is 5.91 Å². The van der Waals surface area contributed by atoms with E-state index in [9.17, 15) is 9.59 Å². The summed E-state index contributed by atoms with van der Waals surface area (Å²) < 4.78 is 5.05. The van der Waals surface area contributed by atoms with E-state index in [1.807, 2.05) is 26.0 Å². The zero-order valence-electron chi connectivity index (χ0n) is 12.9. The number of esters is 1. The number of anilines is 1. The molecule has 2 aromatic rings. The van der Waals surface area contributed by atoms with Gasteiger partial charge in [-0.05, 0) is 44.0 Å². The van der Waals surface area contributed by atoms with E-state index in [2.05, 4.69) is 10.3 Å². The Labute approximate surface area is 134 Å². The highest BCUT2D eigenvalue weighted by molar-refractivity contribution is 6.19. The second-order valence-electron chi connectivity index (χ2n) is 5.07. The lowest BCUT2D eigenvalue weighted by Crippen LogP contribution is -2.12. The molecule has 0 saturated carbocycles. The van der Waals surface area contributed by atoms with Crippen LogP contribution in [-0.2, 0) is 9.53 Å². The van der Waals surface area contributed by atoms with Crippen LogP contribution in [0.2, 0.25) is 0 Å². The summed E-state index contributed by atoms with van der Waals surface area (Å²) in [6, 6.07) is 3.83. The van der Waals surface area contributed by atoms with Crippen LogP contribution in [0.5, 0.6) is 0 Å². The van der Waals surface area contributed by atoms with Crippen LogP contribution in [0.15, 0.2) is 12.1 Å². The van der Waals surface area contributed by atoms with Gasteiger partial charge in [0.05, 0.1) is 17.8 Å². The van der Waals surface area contributed by atoms with Gasteiger partial charge in [0.15, 0.2) is 0 Å². The first-order chi connectivity index (χ1) is 10.5. The monoisotopic (exact) mass is 322 g/mol. The van der Waals surface area contributed by atoms with Crippen LogP contribution in [0.25, 0.3) is 10.9 Å². The van der Waals surface area contributed by atoms with Gasteiger partial charge in [-0.1, -0.05) is 0 Å². The average Bonchev–Trinajstić information content (AvgIpc) is 2.77. The topological polar surface area (TPSA) is 71.2 Å². The van der Waals surface area contributed by atoms with E-state index in [4.69, 9.17) is 16.3 Å². The molecule has 0 radical (unpaired) electrons. The third kappa shape index (κ3) is 3.25. The predicted octanol–water partition coefficient (Wildman–Crippen LogP) is 3.53. The predicted molar refractivity (Wildman–Crippen MR) is 87.7 cm³/mol. The molecular weight excluding hydrogens is 304 g/mol. The van der Waals surface area contributed by atoms with Gasteiger partial charge in [0, 0.05) is 17.7 Å². The quantitative estimate of drug-likeness (QED) is 0.653. The first-order valence-corrected chi connectivity index (χ1v) is 7.67. The first kappa shape index (κ1) is 16.4. The number of benzene rings is 1. The molecular formula is C16H19ClN2O3. The molecule has 1 heterocycles. The van der Waals surface area contributed by atoms with Crippen LogP contribution in [0.3, 0.4) is 0 Å². The van der Waals surface area contributed by atoms with Gasteiger partial charge >= 0.3 is 5.97 Å². The van der Waals surface area contributed by atoms with Crippen molar-refractivity contribution in [2.45, 2.75) is 27.2 Å². The molecule has 6 heteroatoms. The van der Waals surface area contributed by atoms with Crippen molar-refractivity contribution >= 4 is 40.1 Å². The number of carbonyl (C=O) groups is 2. The summed E-state index contributed by atoms with van der Waals surface area (Å²) >= 11 is 5.59. The Morgan fingerprint density at radius 3 is 2.68 bits per heavy atom. The van der Waals surface area contributed by atoms with Gasteiger partial charge < -0.3 is 15.0 Å². The fourth-order valence-corrected chi connectivity index (χ4v) is 2.55.